The predicted molar refractivity (Wildman–Crippen MR) is 286 cm³/mol. The van der Waals surface area contributed by atoms with E-state index >= 15 is 0 Å². The van der Waals surface area contributed by atoms with Gasteiger partial charge in [-0.2, -0.15) is 0 Å². The summed E-state index contributed by atoms with van der Waals surface area (Å²) in [5, 5.41) is 20.8. The van der Waals surface area contributed by atoms with E-state index in [0.717, 1.165) is 163 Å². The van der Waals surface area contributed by atoms with E-state index in [1.165, 1.54) is 16.5 Å². The normalized spacial score (nSPS) is 20.1. The number of piperidine rings is 4. The van der Waals surface area contributed by atoms with Crippen LogP contribution in [-0.2, 0) is 45.2 Å². The number of nitrogens with zero attached hydrogens (tertiary/aromatic N) is 10. The number of carbonyl (C=O) groups excluding carboxylic acids is 3. The van der Waals surface area contributed by atoms with Crippen molar-refractivity contribution in [3.05, 3.63) is 81.5 Å². The van der Waals surface area contributed by atoms with Gasteiger partial charge in [-0.3, -0.25) is 24.2 Å². The number of aromatic hydroxyl groups is 2. The number of rotatable bonds is 12. The number of nitrogens with two attached hydrogens (primary N) is 1. The Balaban J connectivity index is 0.586. The van der Waals surface area contributed by atoms with Crippen molar-refractivity contribution in [1.29, 1.82) is 0 Å². The molecule has 75 heavy (non-hydrogen) atoms. The Bertz CT molecular complexity index is 2860. The van der Waals surface area contributed by atoms with Crippen molar-refractivity contribution in [2.24, 2.45) is 11.8 Å². The molecular weight excluding hydrogens is 971 g/mol. The van der Waals surface area contributed by atoms with Crippen LogP contribution in [-0.4, -0.2) is 163 Å². The number of benzene rings is 2. The summed E-state index contributed by atoms with van der Waals surface area (Å²) in [4.78, 5) is 73.7. The Morgan fingerprint density at radius 3 is 1.92 bits per heavy atom. The number of likely N-dealkylation sites (tertiary alicyclic amines) is 4. The van der Waals surface area contributed by atoms with E-state index < -0.39 is 0 Å². The molecule has 0 saturated carbocycles. The second kappa shape index (κ2) is 22.3. The van der Waals surface area contributed by atoms with Crippen LogP contribution >= 0.6 is 11.3 Å². The summed E-state index contributed by atoms with van der Waals surface area (Å²) in [7, 11) is 0. The van der Waals surface area contributed by atoms with Crippen LogP contribution in [0.5, 0.6) is 11.5 Å². The molecule has 0 spiro atoms. The highest BCUT2D eigenvalue weighted by Gasteiger charge is 2.36. The molecule has 5 aromatic rings. The minimum absolute atomic E-state index is 0.00347. The van der Waals surface area contributed by atoms with Crippen molar-refractivity contribution in [1.82, 2.24) is 44.4 Å². The predicted octanol–water partition coefficient (Wildman–Crippen LogP) is 6.38. The molecule has 0 unspecified atom stereocenters. The first kappa shape index (κ1) is 51.1. The smallest absolute Gasteiger partial charge is 0.258 e. The minimum atomic E-state index is -0.246. The molecule has 6 aliphatic heterocycles. The van der Waals surface area contributed by atoms with Crippen molar-refractivity contribution < 1.29 is 34.1 Å². The molecule has 0 atom stereocenters. The van der Waals surface area contributed by atoms with Crippen LogP contribution in [0.2, 0.25) is 0 Å². The molecule has 11 rings (SSSR count). The van der Waals surface area contributed by atoms with Gasteiger partial charge in [0.05, 0.1) is 46.8 Å². The van der Waals surface area contributed by atoms with E-state index in [-0.39, 0.29) is 70.7 Å². The van der Waals surface area contributed by atoms with E-state index in [1.807, 2.05) is 13.8 Å². The van der Waals surface area contributed by atoms with Gasteiger partial charge in [0.2, 0.25) is 17.8 Å². The van der Waals surface area contributed by atoms with Crippen molar-refractivity contribution in [3.63, 3.8) is 0 Å². The third kappa shape index (κ3) is 11.4. The standard InChI is InChI=1S/C56H71N11O7S/c1-35(2)45-27-46(49(69)28-48(45)68)55(72)67-32-39-4-3-36(25-40(39)33-67)31-62-13-5-37(6-14-62)53(70)65-17-9-42(10-18-65)74-43-11-19-66(20-12-43)54(71)38-7-15-63(16-8-38)34-44-26-47-50(75-44)52(64-21-23-73-24-22-64)61-51(60-47)41-29-58-56(57)59-30-41/h3-4,25-30,35,37-38,42-43,68-69H,5-24,31-34H2,1-2H3,(H2,57,58,59). The SMILES string of the molecule is CC(C)c1cc(C(=O)N2Cc3ccc(CN4CCC(C(=O)N5CCC(OC6CCN(C(=O)C7CCN(Cc8cc9nc(-c%10cnc(N)nc%10)nc(N%10CCOCC%10)c9s8)CC7)CC6)CC5)CC4)cc3C2)c(O)cc1O. The number of hydrogen-bond acceptors (Lipinski definition) is 16. The van der Waals surface area contributed by atoms with Gasteiger partial charge in [0, 0.05) is 101 Å². The van der Waals surface area contributed by atoms with Gasteiger partial charge in [-0.15, -0.1) is 11.3 Å². The Morgan fingerprint density at radius 2 is 1.31 bits per heavy atom. The second-order valence-electron chi connectivity index (χ2n) is 21.9. The Hall–Kier alpha value is -5.99. The maximum absolute atomic E-state index is 13.8. The highest BCUT2D eigenvalue weighted by molar-refractivity contribution is 7.19. The fourth-order valence-electron chi connectivity index (χ4n) is 12.1. The van der Waals surface area contributed by atoms with Crippen LogP contribution in [0.3, 0.4) is 0 Å². The Morgan fingerprint density at radius 1 is 0.707 bits per heavy atom. The first-order valence-electron chi connectivity index (χ1n) is 27.2. The monoisotopic (exact) mass is 1040 g/mol. The average molecular weight is 1040 g/mol. The fourth-order valence-corrected chi connectivity index (χ4v) is 13.2. The number of anilines is 2. The Labute approximate surface area is 442 Å². The second-order valence-corrected chi connectivity index (χ2v) is 23.0. The van der Waals surface area contributed by atoms with Crippen molar-refractivity contribution >= 4 is 51.0 Å². The average Bonchev–Trinajstić information content (AvgIpc) is 4.05. The van der Waals surface area contributed by atoms with Crippen molar-refractivity contribution in [2.75, 3.05) is 89.3 Å². The van der Waals surface area contributed by atoms with Crippen LogP contribution in [0.25, 0.3) is 21.6 Å². The zero-order valence-corrected chi connectivity index (χ0v) is 44.2. The zero-order valence-electron chi connectivity index (χ0n) is 43.4. The summed E-state index contributed by atoms with van der Waals surface area (Å²) in [5.74, 6) is 1.92. The van der Waals surface area contributed by atoms with Gasteiger partial charge in [0.15, 0.2) is 11.6 Å². The summed E-state index contributed by atoms with van der Waals surface area (Å²) in [5.41, 5.74) is 11.7. The van der Waals surface area contributed by atoms with E-state index in [2.05, 4.69) is 58.7 Å². The van der Waals surface area contributed by atoms with Crippen LogP contribution in [0.15, 0.2) is 48.8 Å². The molecule has 3 amide bonds. The molecule has 4 N–H and O–H groups in total. The van der Waals surface area contributed by atoms with Crippen LogP contribution < -0.4 is 10.6 Å². The number of carbonyl (C=O) groups is 3. The third-order valence-corrected chi connectivity index (χ3v) is 17.6. The van der Waals surface area contributed by atoms with Crippen LogP contribution in [0, 0.1) is 11.8 Å². The summed E-state index contributed by atoms with van der Waals surface area (Å²) >= 11 is 1.75. The van der Waals surface area contributed by atoms with Gasteiger partial charge in [0.25, 0.3) is 5.91 Å². The first-order chi connectivity index (χ1) is 36.4. The van der Waals surface area contributed by atoms with Crippen molar-refractivity contribution in [3.8, 4) is 22.9 Å². The summed E-state index contributed by atoms with van der Waals surface area (Å²) in [6, 6.07) is 11.5. The number of nitrogen functional groups attached to an aromatic ring is 1. The van der Waals surface area contributed by atoms with Gasteiger partial charge in [-0.1, -0.05) is 32.0 Å². The van der Waals surface area contributed by atoms with Gasteiger partial charge >= 0.3 is 0 Å². The van der Waals surface area contributed by atoms with Gasteiger partial charge in [0.1, 0.15) is 11.5 Å². The molecule has 0 radical (unpaired) electrons. The number of morpholine rings is 1. The molecule has 6 aliphatic rings. The highest BCUT2D eigenvalue weighted by atomic mass is 32.1. The van der Waals surface area contributed by atoms with Gasteiger partial charge in [-0.05, 0) is 118 Å². The molecule has 398 valence electrons. The number of phenols is 2. The Kier molecular flexibility index (Phi) is 15.2. The maximum atomic E-state index is 13.8. The van der Waals surface area contributed by atoms with E-state index in [0.29, 0.717) is 37.7 Å². The fraction of sp³-hybridized carbons (Fsp3) is 0.554. The molecule has 0 bridgehead atoms. The lowest BCUT2D eigenvalue weighted by atomic mass is 9.93. The number of ether oxygens (including phenoxy) is 2. The molecule has 9 heterocycles. The molecule has 19 heteroatoms. The van der Waals surface area contributed by atoms with Gasteiger partial charge in [-0.25, -0.2) is 19.9 Å². The number of phenolic OH excluding ortho intramolecular Hbond substituents is 2. The topological polar surface area (TPSA) is 207 Å². The maximum Gasteiger partial charge on any atom is 0.258 e. The van der Waals surface area contributed by atoms with E-state index in [4.69, 9.17) is 25.2 Å². The zero-order chi connectivity index (χ0) is 51.7. The van der Waals surface area contributed by atoms with Crippen LogP contribution in [0.4, 0.5) is 11.8 Å². The van der Waals surface area contributed by atoms with Crippen molar-refractivity contribution in [2.45, 2.75) is 110 Å². The van der Waals surface area contributed by atoms with Gasteiger partial charge < -0.3 is 45.0 Å². The summed E-state index contributed by atoms with van der Waals surface area (Å²) < 4.78 is 13.4. The quantitative estimate of drug-likeness (QED) is 0.124. The number of amides is 3. The summed E-state index contributed by atoms with van der Waals surface area (Å²) in [6.07, 6.45) is 10.4. The first-order valence-corrected chi connectivity index (χ1v) is 28.0. The molecule has 5 fully saturated rings. The number of aromatic nitrogens is 4. The molecule has 0 aliphatic carbocycles. The molecule has 18 nitrogen and oxygen atoms in total. The molecular formula is C56H71N11O7S. The van der Waals surface area contributed by atoms with E-state index in [9.17, 15) is 24.6 Å². The lowest BCUT2D eigenvalue weighted by Crippen LogP contribution is -2.48. The minimum Gasteiger partial charge on any atom is -0.508 e. The van der Waals surface area contributed by atoms with E-state index in [1.54, 1.807) is 34.7 Å². The largest absolute Gasteiger partial charge is 0.508 e. The molecule has 2 aromatic carbocycles. The van der Waals surface area contributed by atoms with Crippen LogP contribution in [0.1, 0.15) is 109 Å². The number of fused-ring (bicyclic) bond motifs is 2. The number of hydrogen-bond donors (Lipinski definition) is 3. The number of thiophene rings is 1. The molecule has 3 aromatic heterocycles. The molecule has 5 saturated heterocycles. The lowest BCUT2D eigenvalue weighted by molar-refractivity contribution is -0.143. The lowest BCUT2D eigenvalue weighted by Gasteiger charge is -2.40. The highest BCUT2D eigenvalue weighted by Crippen LogP contribution is 2.38. The third-order valence-electron chi connectivity index (χ3n) is 16.5. The summed E-state index contributed by atoms with van der Waals surface area (Å²) in [6.45, 7) is 15.7.